The Kier molecular flexibility index (Phi) is 5.55. The molecule has 0 saturated heterocycles. The summed E-state index contributed by atoms with van der Waals surface area (Å²) in [5.41, 5.74) is 8.47. The maximum atomic E-state index is 5.02. The first-order valence-electron chi connectivity index (χ1n) is 14.4. The van der Waals surface area contributed by atoms with E-state index in [4.69, 9.17) is 9.97 Å². The lowest BCUT2D eigenvalue weighted by Crippen LogP contribution is -2.06. The van der Waals surface area contributed by atoms with E-state index in [1.54, 1.807) is 0 Å². The fourth-order valence-electron chi connectivity index (χ4n) is 5.77. The van der Waals surface area contributed by atoms with Gasteiger partial charge in [-0.2, -0.15) is 0 Å². The molecule has 43 heavy (non-hydrogen) atoms. The molecule has 11 nitrogen and oxygen atoms in total. The normalized spacial score (nSPS) is 12.1. The van der Waals surface area contributed by atoms with E-state index >= 15 is 0 Å². The number of aromatic amines is 2. The van der Waals surface area contributed by atoms with Crippen LogP contribution in [0.3, 0.4) is 0 Å². The highest BCUT2D eigenvalue weighted by Gasteiger charge is 2.23. The van der Waals surface area contributed by atoms with E-state index < -0.39 is 0 Å². The molecule has 0 amide bonds. The second-order valence-electron chi connectivity index (χ2n) is 11.4. The van der Waals surface area contributed by atoms with Crippen molar-refractivity contribution in [3.8, 4) is 22.5 Å². The first-order valence-corrected chi connectivity index (χ1v) is 14.4. The molecule has 0 aliphatic carbocycles. The lowest BCUT2D eigenvalue weighted by molar-refractivity contribution is 0.604. The van der Waals surface area contributed by atoms with E-state index in [-0.39, 0.29) is 0 Å². The molecule has 0 saturated carbocycles. The lowest BCUT2D eigenvalue weighted by Gasteiger charge is -2.14. The van der Waals surface area contributed by atoms with Crippen LogP contribution in [0.5, 0.6) is 0 Å². The molecule has 0 aliphatic rings. The van der Waals surface area contributed by atoms with Crippen LogP contribution < -0.4 is 10.6 Å². The molecule has 214 valence electrons. The van der Waals surface area contributed by atoms with E-state index in [1.807, 2.05) is 29.2 Å². The monoisotopic (exact) mass is 569 g/mol. The van der Waals surface area contributed by atoms with Crippen LogP contribution in [0.1, 0.15) is 39.8 Å². The summed E-state index contributed by atoms with van der Waals surface area (Å²) in [7, 11) is 0. The minimum Gasteiger partial charge on any atom is -0.365 e. The number of hydrogen-bond donors (Lipinski definition) is 4. The third-order valence-corrected chi connectivity index (χ3v) is 8.01. The molecule has 0 fully saturated rings. The Balaban J connectivity index is 1.26. The Morgan fingerprint density at radius 2 is 1.14 bits per heavy atom. The summed E-state index contributed by atoms with van der Waals surface area (Å²) in [6, 6.07) is 9.16. The standard InChI is InChI=1S/C32H31N11/c1-18(2)41-9-7-20(15-41)37-26-13-33-11-24(26)28-22-5-6-23-29(40-32-36-17-35-31(39-28)43(32)30(22)23)25-12-34-14-27(25)38-21-8-10-42(16-21)19(3)4/h5-19,33-34,37-38H,1-4H3. The molecule has 7 heterocycles. The molecule has 4 N–H and O–H groups in total. The summed E-state index contributed by atoms with van der Waals surface area (Å²) in [6.07, 6.45) is 17.8. The van der Waals surface area contributed by atoms with Gasteiger partial charge in [0.05, 0.1) is 39.7 Å². The Bertz CT molecular complexity index is 2070. The zero-order valence-corrected chi connectivity index (χ0v) is 24.3. The molecule has 1 aromatic carbocycles. The summed E-state index contributed by atoms with van der Waals surface area (Å²) < 4.78 is 6.30. The number of anilines is 4. The lowest BCUT2D eigenvalue weighted by atomic mass is 10.1. The molecular formula is C32H31N11. The summed E-state index contributed by atoms with van der Waals surface area (Å²) >= 11 is 0. The van der Waals surface area contributed by atoms with Crippen molar-refractivity contribution in [3.05, 3.63) is 80.2 Å². The Morgan fingerprint density at radius 1 is 0.651 bits per heavy atom. The van der Waals surface area contributed by atoms with E-state index in [9.17, 15) is 0 Å². The minimum atomic E-state index is 0.384. The van der Waals surface area contributed by atoms with Crippen molar-refractivity contribution in [2.75, 3.05) is 10.6 Å². The predicted octanol–water partition coefficient (Wildman–Crippen LogP) is 7.51. The molecule has 8 aromatic rings. The van der Waals surface area contributed by atoms with Crippen molar-refractivity contribution < 1.29 is 0 Å². The molecule has 11 heteroatoms. The molecule has 0 aliphatic heterocycles. The summed E-state index contributed by atoms with van der Waals surface area (Å²) in [6.45, 7) is 8.66. The van der Waals surface area contributed by atoms with Gasteiger partial charge in [0.1, 0.15) is 6.33 Å². The number of rotatable bonds is 8. The first kappa shape index (κ1) is 25.2. The van der Waals surface area contributed by atoms with Gasteiger partial charge in [-0.1, -0.05) is 0 Å². The maximum Gasteiger partial charge on any atom is 0.239 e. The van der Waals surface area contributed by atoms with Crippen LogP contribution in [0.15, 0.2) is 80.2 Å². The smallest absolute Gasteiger partial charge is 0.239 e. The van der Waals surface area contributed by atoms with Gasteiger partial charge in [0.15, 0.2) is 0 Å². The van der Waals surface area contributed by atoms with Gasteiger partial charge in [0, 0.05) is 83.6 Å². The van der Waals surface area contributed by atoms with Gasteiger partial charge in [-0.3, -0.25) is 0 Å². The predicted molar refractivity (Wildman–Crippen MR) is 171 cm³/mol. The van der Waals surface area contributed by atoms with E-state index in [2.05, 4.69) is 116 Å². The van der Waals surface area contributed by atoms with Crippen LogP contribution in [-0.2, 0) is 0 Å². The number of hydrogen-bond acceptors (Lipinski definition) is 6. The third-order valence-electron chi connectivity index (χ3n) is 8.01. The van der Waals surface area contributed by atoms with Crippen molar-refractivity contribution in [3.63, 3.8) is 0 Å². The van der Waals surface area contributed by atoms with Gasteiger partial charge >= 0.3 is 0 Å². The van der Waals surface area contributed by atoms with Gasteiger partial charge < -0.3 is 29.7 Å². The van der Waals surface area contributed by atoms with Crippen LogP contribution >= 0.6 is 0 Å². The van der Waals surface area contributed by atoms with Gasteiger partial charge in [0.2, 0.25) is 11.6 Å². The quantitative estimate of drug-likeness (QED) is 0.150. The second kappa shape index (κ2) is 9.48. The van der Waals surface area contributed by atoms with Crippen molar-refractivity contribution in [2.24, 2.45) is 0 Å². The molecule has 0 unspecified atom stereocenters. The van der Waals surface area contributed by atoms with Gasteiger partial charge in [-0.15, -0.1) is 0 Å². The van der Waals surface area contributed by atoms with E-state index in [0.29, 0.717) is 23.6 Å². The molecule has 0 radical (unpaired) electrons. The summed E-state index contributed by atoms with van der Waals surface area (Å²) in [5, 5.41) is 9.14. The van der Waals surface area contributed by atoms with Crippen molar-refractivity contribution in [1.29, 1.82) is 0 Å². The number of H-pyrrole nitrogens is 2. The third kappa shape index (κ3) is 4.03. The fourth-order valence-corrected chi connectivity index (χ4v) is 5.77. The highest BCUT2D eigenvalue weighted by molar-refractivity contribution is 6.12. The van der Waals surface area contributed by atoms with E-state index in [1.165, 1.54) is 6.33 Å². The van der Waals surface area contributed by atoms with Crippen LogP contribution in [0, 0.1) is 0 Å². The average Bonchev–Trinajstić information content (AvgIpc) is 3.83. The van der Waals surface area contributed by atoms with Crippen LogP contribution in [0.2, 0.25) is 0 Å². The second-order valence-corrected chi connectivity index (χ2v) is 11.4. The highest BCUT2D eigenvalue weighted by atomic mass is 15.2. The zero-order chi connectivity index (χ0) is 29.2. The van der Waals surface area contributed by atoms with Crippen molar-refractivity contribution in [1.82, 2.24) is 43.4 Å². The fraction of sp³-hybridized carbons (Fsp3) is 0.188. The van der Waals surface area contributed by atoms with Crippen LogP contribution in [0.4, 0.5) is 22.7 Å². The first-order chi connectivity index (χ1) is 20.9. The van der Waals surface area contributed by atoms with E-state index in [0.717, 1.165) is 61.6 Å². The Labute approximate surface area is 247 Å². The average molecular weight is 570 g/mol. The largest absolute Gasteiger partial charge is 0.365 e. The van der Waals surface area contributed by atoms with Crippen molar-refractivity contribution >= 4 is 50.6 Å². The summed E-state index contributed by atoms with van der Waals surface area (Å²) in [4.78, 5) is 25.7. The van der Waals surface area contributed by atoms with Crippen molar-refractivity contribution in [2.45, 2.75) is 39.8 Å². The molecule has 0 bridgehead atoms. The molecule has 8 rings (SSSR count). The van der Waals surface area contributed by atoms with Crippen LogP contribution in [-0.4, -0.2) is 43.4 Å². The molecule has 0 spiro atoms. The van der Waals surface area contributed by atoms with Gasteiger partial charge in [0.25, 0.3) is 0 Å². The molecular weight excluding hydrogens is 538 g/mol. The Hall–Kier alpha value is -5.58. The molecule has 7 aromatic heterocycles. The zero-order valence-electron chi connectivity index (χ0n) is 24.3. The number of nitrogens with one attached hydrogen (secondary N) is 4. The number of nitrogens with zero attached hydrogens (tertiary/aromatic N) is 7. The molecule has 0 atom stereocenters. The highest BCUT2D eigenvalue weighted by Crippen LogP contribution is 2.41. The number of aromatic nitrogens is 9. The van der Waals surface area contributed by atoms with Gasteiger partial charge in [-0.25, -0.2) is 24.3 Å². The Morgan fingerprint density at radius 3 is 1.58 bits per heavy atom. The maximum absolute atomic E-state index is 5.02. The summed E-state index contributed by atoms with van der Waals surface area (Å²) in [5.74, 6) is 1.09. The minimum absolute atomic E-state index is 0.384. The van der Waals surface area contributed by atoms with Gasteiger partial charge in [-0.05, 0) is 52.0 Å². The SMILES string of the molecule is CC(C)n1ccc(Nc2c[nH]cc2-c2nc3ncnc4nc(-c5c[nH]cc5Nc5ccn(C(C)C)c5)c5ccc2c5n34)c1. The topological polar surface area (TPSA) is 121 Å². The van der Waals surface area contributed by atoms with Crippen LogP contribution in [0.25, 0.3) is 50.4 Å².